The van der Waals surface area contributed by atoms with Gasteiger partial charge in [-0.1, -0.05) is 6.07 Å². The zero-order valence-electron chi connectivity index (χ0n) is 11.2. The Bertz CT molecular complexity index is 631. The number of nitrogens with zero attached hydrogens (tertiary/aromatic N) is 3. The van der Waals surface area contributed by atoms with Crippen LogP contribution in [0.4, 0.5) is 11.4 Å². The van der Waals surface area contributed by atoms with E-state index in [9.17, 15) is 10.1 Å². The molecule has 1 N–H and O–H groups in total. The number of aryl methyl sites for hydroxylation is 1. The van der Waals surface area contributed by atoms with Crippen molar-refractivity contribution < 1.29 is 9.66 Å². The molecule has 1 aromatic carbocycles. The van der Waals surface area contributed by atoms with E-state index < -0.39 is 4.92 Å². The van der Waals surface area contributed by atoms with Gasteiger partial charge in [-0.2, -0.15) is 0 Å². The number of nitro benzene ring substituents is 1. The Morgan fingerprint density at radius 2 is 2.20 bits per heavy atom. The maximum atomic E-state index is 11.1. The fraction of sp³-hybridized carbons (Fsp3) is 0.231. The van der Waals surface area contributed by atoms with Crippen LogP contribution in [-0.2, 0) is 6.54 Å². The molecule has 7 nitrogen and oxygen atoms in total. The van der Waals surface area contributed by atoms with Gasteiger partial charge in [-0.05, 0) is 25.1 Å². The second kappa shape index (κ2) is 5.96. The molecule has 1 heterocycles. The van der Waals surface area contributed by atoms with Crippen LogP contribution >= 0.6 is 0 Å². The summed E-state index contributed by atoms with van der Waals surface area (Å²) >= 11 is 0. The zero-order chi connectivity index (χ0) is 14.5. The van der Waals surface area contributed by atoms with Gasteiger partial charge >= 0.3 is 5.69 Å². The minimum Gasteiger partial charge on any atom is -0.490 e. The Kier molecular flexibility index (Phi) is 4.09. The van der Waals surface area contributed by atoms with E-state index >= 15 is 0 Å². The first-order valence-corrected chi connectivity index (χ1v) is 5.95. The Labute approximate surface area is 115 Å². The van der Waals surface area contributed by atoms with Gasteiger partial charge in [0.25, 0.3) is 0 Å². The molecular weight excluding hydrogens is 260 g/mol. The van der Waals surface area contributed by atoms with Crippen molar-refractivity contribution in [2.45, 2.75) is 13.5 Å². The number of hydrogen-bond donors (Lipinski definition) is 1. The van der Waals surface area contributed by atoms with E-state index in [1.54, 1.807) is 37.4 Å². The Morgan fingerprint density at radius 1 is 1.40 bits per heavy atom. The molecule has 0 saturated carbocycles. The highest BCUT2D eigenvalue weighted by atomic mass is 16.6. The molecule has 20 heavy (non-hydrogen) atoms. The molecule has 2 aromatic rings. The van der Waals surface area contributed by atoms with Gasteiger partial charge in [-0.25, -0.2) is 9.97 Å². The fourth-order valence-corrected chi connectivity index (χ4v) is 1.81. The largest absolute Gasteiger partial charge is 0.490 e. The molecule has 0 aliphatic carbocycles. The normalized spacial score (nSPS) is 10.1. The van der Waals surface area contributed by atoms with Crippen LogP contribution in [0.1, 0.15) is 11.5 Å². The summed E-state index contributed by atoms with van der Waals surface area (Å²) in [5.74, 6) is 0.878. The van der Waals surface area contributed by atoms with Gasteiger partial charge in [-0.3, -0.25) is 10.1 Å². The number of anilines is 1. The fourth-order valence-electron chi connectivity index (χ4n) is 1.81. The third-order valence-corrected chi connectivity index (χ3v) is 2.70. The number of aromatic nitrogens is 2. The Hall–Kier alpha value is -2.70. The highest BCUT2D eigenvalue weighted by Gasteiger charge is 2.20. The van der Waals surface area contributed by atoms with E-state index in [2.05, 4.69) is 15.3 Å². The van der Waals surface area contributed by atoms with Crippen LogP contribution in [0, 0.1) is 17.0 Å². The number of nitrogens with one attached hydrogen (secondary N) is 1. The van der Waals surface area contributed by atoms with E-state index in [-0.39, 0.29) is 11.4 Å². The number of methoxy groups -OCH3 is 1. The predicted octanol–water partition coefficient (Wildman–Crippen LogP) is 2.31. The maximum absolute atomic E-state index is 11.1. The summed E-state index contributed by atoms with van der Waals surface area (Å²) in [6.07, 6.45) is 1.65. The highest BCUT2D eigenvalue weighted by molar-refractivity contribution is 5.68. The lowest BCUT2D eigenvalue weighted by Gasteiger charge is -2.09. The number of para-hydroxylation sites is 1. The van der Waals surface area contributed by atoms with Crippen LogP contribution in [0.15, 0.2) is 30.5 Å². The summed E-state index contributed by atoms with van der Waals surface area (Å²) in [6, 6.07) is 6.64. The molecule has 0 unspecified atom stereocenters. The molecule has 1 aromatic heterocycles. The number of benzene rings is 1. The summed E-state index contributed by atoms with van der Waals surface area (Å²) in [5, 5.41) is 14.1. The summed E-state index contributed by atoms with van der Waals surface area (Å²) in [5.41, 5.74) is 1.07. The number of rotatable bonds is 5. The van der Waals surface area contributed by atoms with Gasteiger partial charge in [0, 0.05) is 6.20 Å². The van der Waals surface area contributed by atoms with Crippen LogP contribution in [0.2, 0.25) is 0 Å². The van der Waals surface area contributed by atoms with Crippen molar-refractivity contribution in [3.05, 3.63) is 52.1 Å². The van der Waals surface area contributed by atoms with Crippen molar-refractivity contribution in [3.8, 4) is 5.75 Å². The lowest BCUT2D eigenvalue weighted by Crippen LogP contribution is -2.06. The molecule has 0 spiro atoms. The molecule has 0 radical (unpaired) electrons. The van der Waals surface area contributed by atoms with Gasteiger partial charge in [0.1, 0.15) is 11.5 Å². The second-order valence-electron chi connectivity index (χ2n) is 4.06. The van der Waals surface area contributed by atoms with Crippen LogP contribution in [0.5, 0.6) is 5.75 Å². The van der Waals surface area contributed by atoms with Crippen molar-refractivity contribution >= 4 is 11.4 Å². The zero-order valence-corrected chi connectivity index (χ0v) is 11.2. The van der Waals surface area contributed by atoms with E-state index in [1.165, 1.54) is 7.11 Å². The van der Waals surface area contributed by atoms with Crippen molar-refractivity contribution in [2.75, 3.05) is 12.4 Å². The predicted molar refractivity (Wildman–Crippen MR) is 73.7 cm³/mol. The second-order valence-corrected chi connectivity index (χ2v) is 4.06. The monoisotopic (exact) mass is 274 g/mol. The van der Waals surface area contributed by atoms with Gasteiger partial charge < -0.3 is 10.1 Å². The molecule has 0 saturated heterocycles. The van der Waals surface area contributed by atoms with Gasteiger partial charge in [0.05, 0.1) is 24.3 Å². The lowest BCUT2D eigenvalue weighted by molar-refractivity contribution is -0.384. The quantitative estimate of drug-likeness (QED) is 0.664. The minimum atomic E-state index is -0.466. The number of hydrogen-bond acceptors (Lipinski definition) is 6. The first-order valence-electron chi connectivity index (χ1n) is 5.95. The number of nitro groups is 1. The van der Waals surface area contributed by atoms with Gasteiger partial charge in [-0.15, -0.1) is 0 Å². The maximum Gasteiger partial charge on any atom is 0.333 e. The topological polar surface area (TPSA) is 90.2 Å². The molecule has 0 aliphatic heterocycles. The first-order chi connectivity index (χ1) is 9.61. The van der Waals surface area contributed by atoms with Crippen molar-refractivity contribution in [3.63, 3.8) is 0 Å². The van der Waals surface area contributed by atoms with Crippen molar-refractivity contribution in [2.24, 2.45) is 0 Å². The molecule has 0 aliphatic rings. The first kappa shape index (κ1) is 13.7. The van der Waals surface area contributed by atoms with E-state index in [0.717, 1.165) is 5.69 Å². The van der Waals surface area contributed by atoms with E-state index in [0.29, 0.717) is 18.1 Å². The van der Waals surface area contributed by atoms with Crippen molar-refractivity contribution in [1.82, 2.24) is 9.97 Å². The standard InChI is InChI=1S/C13H14N4O3/c1-9-14-7-6-10(16-9)8-15-11-4-3-5-12(20-2)13(11)17(18)19/h3-7,15H,8H2,1-2H3. The third kappa shape index (κ3) is 3.00. The van der Waals surface area contributed by atoms with Crippen LogP contribution in [-0.4, -0.2) is 22.0 Å². The van der Waals surface area contributed by atoms with Gasteiger partial charge in [0.15, 0.2) is 5.75 Å². The SMILES string of the molecule is COc1cccc(NCc2ccnc(C)n2)c1[N+](=O)[O-]. The number of ether oxygens (including phenoxy) is 1. The van der Waals surface area contributed by atoms with E-state index in [4.69, 9.17) is 4.74 Å². The molecule has 0 amide bonds. The smallest absolute Gasteiger partial charge is 0.333 e. The minimum absolute atomic E-state index is 0.0826. The van der Waals surface area contributed by atoms with Crippen LogP contribution in [0.25, 0.3) is 0 Å². The average Bonchev–Trinajstić information content (AvgIpc) is 2.44. The average molecular weight is 274 g/mol. The Morgan fingerprint density at radius 3 is 2.85 bits per heavy atom. The molecule has 7 heteroatoms. The summed E-state index contributed by atoms with van der Waals surface area (Å²) in [4.78, 5) is 18.9. The summed E-state index contributed by atoms with van der Waals surface area (Å²) in [7, 11) is 1.40. The summed E-state index contributed by atoms with van der Waals surface area (Å²) in [6.45, 7) is 2.16. The van der Waals surface area contributed by atoms with E-state index in [1.807, 2.05) is 0 Å². The molecular formula is C13H14N4O3. The van der Waals surface area contributed by atoms with Crippen LogP contribution < -0.4 is 10.1 Å². The molecule has 104 valence electrons. The lowest BCUT2D eigenvalue weighted by atomic mass is 10.2. The van der Waals surface area contributed by atoms with Crippen molar-refractivity contribution in [1.29, 1.82) is 0 Å². The third-order valence-electron chi connectivity index (χ3n) is 2.70. The van der Waals surface area contributed by atoms with Gasteiger partial charge in [0.2, 0.25) is 0 Å². The highest BCUT2D eigenvalue weighted by Crippen LogP contribution is 2.34. The molecule has 0 fully saturated rings. The molecule has 0 atom stereocenters. The summed E-state index contributed by atoms with van der Waals surface area (Å²) < 4.78 is 5.01. The van der Waals surface area contributed by atoms with Crippen LogP contribution in [0.3, 0.4) is 0 Å². The molecule has 2 rings (SSSR count). The molecule has 0 bridgehead atoms. The Balaban J connectivity index is 2.23.